The van der Waals surface area contributed by atoms with Crippen LogP contribution in [0.15, 0.2) is 0 Å². The van der Waals surface area contributed by atoms with Gasteiger partial charge in [0.25, 0.3) is 0 Å². The van der Waals surface area contributed by atoms with Crippen LogP contribution in [-0.2, 0) is 14.8 Å². The van der Waals surface area contributed by atoms with Crippen molar-refractivity contribution in [2.24, 2.45) is 0 Å². The van der Waals surface area contributed by atoms with Gasteiger partial charge in [0.1, 0.15) is 0 Å². The molecule has 0 saturated carbocycles. The van der Waals surface area contributed by atoms with Gasteiger partial charge < -0.3 is 10.1 Å². The second kappa shape index (κ2) is 6.13. The van der Waals surface area contributed by atoms with E-state index in [1.165, 1.54) is 0 Å². The van der Waals surface area contributed by atoms with Gasteiger partial charge in [0.15, 0.2) is 0 Å². The third kappa shape index (κ3) is 4.54. The number of sulfonamides is 1. The van der Waals surface area contributed by atoms with Crippen molar-refractivity contribution < 1.29 is 13.2 Å². The maximum Gasteiger partial charge on any atom is 0.216 e. The summed E-state index contributed by atoms with van der Waals surface area (Å²) in [6.45, 7) is 8.10. The lowest BCUT2D eigenvalue weighted by molar-refractivity contribution is 0.178. The Morgan fingerprint density at radius 1 is 1.47 bits per heavy atom. The minimum Gasteiger partial charge on any atom is -0.379 e. The van der Waals surface area contributed by atoms with Gasteiger partial charge >= 0.3 is 0 Å². The van der Waals surface area contributed by atoms with Crippen molar-refractivity contribution in [1.29, 1.82) is 0 Å². The van der Waals surface area contributed by atoms with Crippen LogP contribution in [0.1, 0.15) is 33.6 Å². The van der Waals surface area contributed by atoms with Crippen molar-refractivity contribution in [3.05, 3.63) is 0 Å². The molecular weight excluding hydrogens is 240 g/mol. The molecule has 1 aliphatic heterocycles. The van der Waals surface area contributed by atoms with E-state index in [1.807, 2.05) is 6.92 Å². The van der Waals surface area contributed by atoms with Crippen LogP contribution < -0.4 is 10.0 Å². The molecule has 1 fully saturated rings. The molecule has 2 N–H and O–H groups in total. The van der Waals surface area contributed by atoms with E-state index in [2.05, 4.69) is 17.0 Å². The first-order valence-electron chi connectivity index (χ1n) is 6.21. The average molecular weight is 264 g/mol. The molecule has 0 bridgehead atoms. The third-order valence-electron chi connectivity index (χ3n) is 3.00. The lowest BCUT2D eigenvalue weighted by atomic mass is 10.0. The van der Waals surface area contributed by atoms with Crippen LogP contribution in [0, 0.1) is 0 Å². The van der Waals surface area contributed by atoms with Crippen LogP contribution in [0.4, 0.5) is 0 Å². The molecule has 6 heteroatoms. The molecule has 2 atom stereocenters. The van der Waals surface area contributed by atoms with Crippen molar-refractivity contribution >= 4 is 10.0 Å². The molecule has 0 radical (unpaired) electrons. The zero-order valence-electron chi connectivity index (χ0n) is 11.0. The van der Waals surface area contributed by atoms with Gasteiger partial charge in [-0.3, -0.25) is 0 Å². The molecule has 0 spiro atoms. The highest BCUT2D eigenvalue weighted by atomic mass is 32.2. The van der Waals surface area contributed by atoms with E-state index in [-0.39, 0.29) is 0 Å². The molecule has 5 nitrogen and oxygen atoms in total. The fraction of sp³-hybridized carbons (Fsp3) is 1.00. The number of rotatable bonds is 7. The summed E-state index contributed by atoms with van der Waals surface area (Å²) in [5.41, 5.74) is -0.433. The molecule has 1 aliphatic rings. The number of nitrogens with one attached hydrogen (secondary N) is 2. The molecule has 0 aromatic carbocycles. The van der Waals surface area contributed by atoms with E-state index in [0.717, 1.165) is 19.4 Å². The van der Waals surface area contributed by atoms with E-state index in [4.69, 9.17) is 4.74 Å². The Kier molecular flexibility index (Phi) is 5.37. The van der Waals surface area contributed by atoms with E-state index < -0.39 is 20.8 Å². The lowest BCUT2D eigenvalue weighted by Crippen LogP contribution is -2.51. The highest BCUT2D eigenvalue weighted by Gasteiger charge is 2.35. The minimum atomic E-state index is -3.28. The molecule has 0 aromatic rings. The second-order valence-electron chi connectivity index (χ2n) is 5.03. The van der Waals surface area contributed by atoms with Gasteiger partial charge in [-0.05, 0) is 33.2 Å². The average Bonchev–Trinajstić information content (AvgIpc) is 2.64. The smallest absolute Gasteiger partial charge is 0.216 e. The predicted octanol–water partition coefficient (Wildman–Crippen LogP) is 0.473. The standard InChI is InChI=1S/C11H24N2O3S/c1-4-6-12-8-10(2)17(14,15)13-11(3)5-7-16-9-11/h10,12-13H,4-9H2,1-3H3. The fourth-order valence-corrected chi connectivity index (χ4v) is 3.17. The molecule has 1 rings (SSSR count). The highest BCUT2D eigenvalue weighted by Crippen LogP contribution is 2.19. The summed E-state index contributed by atoms with van der Waals surface area (Å²) < 4.78 is 32.2. The zero-order valence-corrected chi connectivity index (χ0v) is 11.8. The normalized spacial score (nSPS) is 27.2. The molecule has 2 unspecified atom stereocenters. The Balaban J connectivity index is 2.49. The van der Waals surface area contributed by atoms with Gasteiger partial charge in [0.2, 0.25) is 10.0 Å². The first-order chi connectivity index (χ1) is 7.90. The molecule has 1 saturated heterocycles. The van der Waals surface area contributed by atoms with Crippen molar-refractivity contribution in [2.45, 2.75) is 44.4 Å². The molecule has 0 aliphatic carbocycles. The van der Waals surface area contributed by atoms with E-state index in [0.29, 0.717) is 19.8 Å². The van der Waals surface area contributed by atoms with E-state index in [1.54, 1.807) is 6.92 Å². The van der Waals surface area contributed by atoms with Crippen LogP contribution in [0.25, 0.3) is 0 Å². The second-order valence-corrected chi connectivity index (χ2v) is 7.12. The first-order valence-corrected chi connectivity index (χ1v) is 7.75. The summed E-state index contributed by atoms with van der Waals surface area (Å²) in [7, 11) is -3.28. The Morgan fingerprint density at radius 2 is 2.18 bits per heavy atom. The number of hydrogen-bond acceptors (Lipinski definition) is 4. The highest BCUT2D eigenvalue weighted by molar-refractivity contribution is 7.90. The number of hydrogen-bond donors (Lipinski definition) is 2. The summed E-state index contributed by atoms with van der Waals surface area (Å²) in [4.78, 5) is 0. The monoisotopic (exact) mass is 264 g/mol. The van der Waals surface area contributed by atoms with Crippen LogP contribution in [0.2, 0.25) is 0 Å². The molecule has 0 aromatic heterocycles. The molecule has 102 valence electrons. The fourth-order valence-electron chi connectivity index (χ4n) is 1.78. The van der Waals surface area contributed by atoms with Crippen LogP contribution >= 0.6 is 0 Å². The largest absolute Gasteiger partial charge is 0.379 e. The first kappa shape index (κ1) is 14.9. The van der Waals surface area contributed by atoms with Gasteiger partial charge in [-0.15, -0.1) is 0 Å². The van der Waals surface area contributed by atoms with Crippen molar-refractivity contribution in [3.8, 4) is 0 Å². The van der Waals surface area contributed by atoms with Crippen molar-refractivity contribution in [3.63, 3.8) is 0 Å². The predicted molar refractivity (Wildman–Crippen MR) is 68.5 cm³/mol. The maximum absolute atomic E-state index is 12.1. The molecule has 17 heavy (non-hydrogen) atoms. The SMILES string of the molecule is CCCNCC(C)S(=O)(=O)NC1(C)CCOC1. The Bertz CT molecular complexity index is 324. The summed E-state index contributed by atoms with van der Waals surface area (Å²) in [6.07, 6.45) is 1.74. The summed E-state index contributed by atoms with van der Waals surface area (Å²) in [6, 6.07) is 0. The Morgan fingerprint density at radius 3 is 2.71 bits per heavy atom. The molecular formula is C11H24N2O3S. The number of ether oxygens (including phenoxy) is 1. The van der Waals surface area contributed by atoms with Crippen LogP contribution in [0.3, 0.4) is 0 Å². The summed E-state index contributed by atoms with van der Waals surface area (Å²) in [5.74, 6) is 0. The van der Waals surface area contributed by atoms with Crippen LogP contribution in [-0.4, -0.2) is 45.5 Å². The lowest BCUT2D eigenvalue weighted by Gasteiger charge is -2.25. The van der Waals surface area contributed by atoms with Gasteiger partial charge in [-0.1, -0.05) is 6.92 Å². The van der Waals surface area contributed by atoms with E-state index >= 15 is 0 Å². The maximum atomic E-state index is 12.1. The van der Waals surface area contributed by atoms with Gasteiger partial charge in [0, 0.05) is 13.2 Å². The quantitative estimate of drug-likeness (QED) is 0.656. The van der Waals surface area contributed by atoms with Crippen molar-refractivity contribution in [2.75, 3.05) is 26.3 Å². The molecule has 0 amide bonds. The van der Waals surface area contributed by atoms with Crippen LogP contribution in [0.5, 0.6) is 0 Å². The topological polar surface area (TPSA) is 67.4 Å². The Hall–Kier alpha value is -0.170. The molecule has 1 heterocycles. The Labute approximate surface area is 104 Å². The minimum absolute atomic E-state index is 0.425. The van der Waals surface area contributed by atoms with Gasteiger partial charge in [-0.25, -0.2) is 13.1 Å². The van der Waals surface area contributed by atoms with Crippen molar-refractivity contribution in [1.82, 2.24) is 10.0 Å². The summed E-state index contributed by atoms with van der Waals surface area (Å²) >= 11 is 0. The third-order valence-corrected chi connectivity index (χ3v) is 5.00. The van der Waals surface area contributed by atoms with E-state index in [9.17, 15) is 8.42 Å². The van der Waals surface area contributed by atoms with Gasteiger partial charge in [0.05, 0.1) is 17.4 Å². The summed E-state index contributed by atoms with van der Waals surface area (Å²) in [5, 5.41) is 2.70. The van der Waals surface area contributed by atoms with Gasteiger partial charge in [-0.2, -0.15) is 0 Å². The zero-order chi connectivity index (χ0) is 12.9.